The number of carbonyl (C=O) groups excluding carboxylic acids is 1. The van der Waals surface area contributed by atoms with E-state index in [4.69, 9.17) is 5.73 Å². The Morgan fingerprint density at radius 3 is 2.48 bits per heavy atom. The molecular weight excluding hydrogens is 417 g/mol. The predicted octanol–water partition coefficient (Wildman–Crippen LogP) is 2.78. The molecule has 0 aliphatic rings. The van der Waals surface area contributed by atoms with Crippen LogP contribution in [0.2, 0.25) is 0 Å². The van der Waals surface area contributed by atoms with Gasteiger partial charge in [-0.2, -0.15) is 0 Å². The van der Waals surface area contributed by atoms with Crippen LogP contribution in [0.1, 0.15) is 10.5 Å². The summed E-state index contributed by atoms with van der Waals surface area (Å²) in [6.07, 6.45) is 0. The Morgan fingerprint density at radius 2 is 1.81 bits per heavy atom. The lowest BCUT2D eigenvalue weighted by Gasteiger charge is -2.07. The Labute approximate surface area is 159 Å². The van der Waals surface area contributed by atoms with Crippen LogP contribution in [-0.4, -0.2) is 25.4 Å². The fraction of sp³-hybridized carbons (Fsp3) is 0. The van der Waals surface area contributed by atoms with Crippen molar-refractivity contribution in [1.29, 1.82) is 0 Å². The quantitative estimate of drug-likeness (QED) is 0.523. The van der Waals surface area contributed by atoms with Gasteiger partial charge in [0.1, 0.15) is 11.3 Å². The zero-order valence-electron chi connectivity index (χ0n) is 13.6. The van der Waals surface area contributed by atoms with E-state index in [0.717, 1.165) is 0 Å². The number of rotatable bonds is 3. The number of halogens is 2. The Morgan fingerprint density at radius 1 is 1.11 bits per heavy atom. The van der Waals surface area contributed by atoms with Gasteiger partial charge in [-0.15, -0.1) is 0 Å². The van der Waals surface area contributed by atoms with Gasteiger partial charge in [0, 0.05) is 10.0 Å². The van der Waals surface area contributed by atoms with Crippen LogP contribution in [-0.2, 0) is 0 Å². The number of amides is 1. The molecule has 2 aromatic carbocycles. The lowest BCUT2D eigenvalue weighted by Crippen LogP contribution is -2.15. The van der Waals surface area contributed by atoms with Gasteiger partial charge in [-0.25, -0.2) is 23.7 Å². The number of fused-ring (bicyclic) bond motifs is 1. The summed E-state index contributed by atoms with van der Waals surface area (Å²) in [5.41, 5.74) is 6.11. The molecule has 4 aromatic rings. The van der Waals surface area contributed by atoms with Gasteiger partial charge in [0.05, 0.1) is 5.69 Å². The Kier molecular flexibility index (Phi) is 4.08. The van der Waals surface area contributed by atoms with Gasteiger partial charge in [0.25, 0.3) is 5.91 Å². The number of primary amides is 1. The maximum absolute atomic E-state index is 13.3. The van der Waals surface area contributed by atoms with Gasteiger partial charge < -0.3 is 10.7 Å². The van der Waals surface area contributed by atoms with Crippen molar-refractivity contribution >= 4 is 33.0 Å². The third-order valence-corrected chi connectivity index (χ3v) is 4.66. The predicted molar refractivity (Wildman–Crippen MR) is 101 cm³/mol. The summed E-state index contributed by atoms with van der Waals surface area (Å²) in [5.74, 6) is -1.02. The van der Waals surface area contributed by atoms with Gasteiger partial charge >= 0.3 is 5.69 Å². The molecule has 0 saturated carbocycles. The van der Waals surface area contributed by atoms with Crippen molar-refractivity contribution in [2.45, 2.75) is 0 Å². The summed E-state index contributed by atoms with van der Waals surface area (Å²) in [6, 6.07) is 12.5. The van der Waals surface area contributed by atoms with Crippen LogP contribution in [0.15, 0.2) is 57.8 Å². The number of hydrogen-bond acceptors (Lipinski definition) is 4. The van der Waals surface area contributed by atoms with E-state index in [-0.39, 0.29) is 22.7 Å². The van der Waals surface area contributed by atoms with Crippen molar-refractivity contribution in [3.8, 4) is 17.1 Å². The van der Waals surface area contributed by atoms with Crippen molar-refractivity contribution in [2.75, 3.05) is 0 Å². The number of nitrogens with two attached hydrogens (primary N) is 1. The minimum absolute atomic E-state index is 0.108. The average Bonchev–Trinajstić information content (AvgIpc) is 2.97. The fourth-order valence-electron chi connectivity index (χ4n) is 2.76. The van der Waals surface area contributed by atoms with E-state index in [2.05, 4.69) is 30.9 Å². The Balaban J connectivity index is 2.08. The second-order valence-electron chi connectivity index (χ2n) is 5.68. The molecule has 0 fully saturated rings. The van der Waals surface area contributed by atoms with Crippen LogP contribution in [0.4, 0.5) is 4.39 Å². The van der Waals surface area contributed by atoms with E-state index in [9.17, 15) is 14.0 Å². The minimum Gasteiger partial charge on any atom is -0.364 e. The van der Waals surface area contributed by atoms with Crippen molar-refractivity contribution in [3.05, 3.63) is 75.0 Å². The second kappa shape index (κ2) is 6.44. The number of benzene rings is 2. The van der Waals surface area contributed by atoms with E-state index in [0.29, 0.717) is 15.7 Å². The smallest absolute Gasteiger partial charge is 0.332 e. The summed E-state index contributed by atoms with van der Waals surface area (Å²) in [5, 5.41) is 0. The molecule has 2 heterocycles. The maximum atomic E-state index is 13.3. The first kappa shape index (κ1) is 17.1. The highest BCUT2D eigenvalue weighted by atomic mass is 79.9. The normalized spacial score (nSPS) is 11.0. The lowest BCUT2D eigenvalue weighted by molar-refractivity contribution is 0.0997. The molecule has 0 spiro atoms. The van der Waals surface area contributed by atoms with Crippen molar-refractivity contribution in [3.63, 3.8) is 0 Å². The van der Waals surface area contributed by atoms with Crippen LogP contribution in [0.5, 0.6) is 0 Å². The molecule has 0 aliphatic heterocycles. The summed E-state index contributed by atoms with van der Waals surface area (Å²) >= 11 is 3.42. The standard InChI is InChI=1S/C18H11BrFN5O2/c19-12-4-2-1-3-11(12)16-22-13(15(21)26)14-17(24-16)25(18(27)23-14)10-7-5-9(20)6-8-10/h1-8H,(H2,21,26)(H,23,27). The molecule has 27 heavy (non-hydrogen) atoms. The molecule has 4 rings (SSSR count). The highest BCUT2D eigenvalue weighted by Crippen LogP contribution is 2.27. The van der Waals surface area contributed by atoms with Crippen molar-refractivity contribution in [1.82, 2.24) is 19.5 Å². The third-order valence-electron chi connectivity index (χ3n) is 3.97. The topological polar surface area (TPSA) is 107 Å². The highest BCUT2D eigenvalue weighted by Gasteiger charge is 2.20. The fourth-order valence-corrected chi connectivity index (χ4v) is 3.22. The highest BCUT2D eigenvalue weighted by molar-refractivity contribution is 9.10. The second-order valence-corrected chi connectivity index (χ2v) is 6.53. The van der Waals surface area contributed by atoms with E-state index in [1.54, 1.807) is 18.2 Å². The molecular formula is C18H11BrFN5O2. The summed E-state index contributed by atoms with van der Waals surface area (Å²) < 4.78 is 15.2. The molecule has 0 unspecified atom stereocenters. The van der Waals surface area contributed by atoms with E-state index >= 15 is 0 Å². The Hall–Kier alpha value is -3.33. The van der Waals surface area contributed by atoms with Gasteiger partial charge in [-0.3, -0.25) is 4.79 Å². The molecule has 3 N–H and O–H groups in total. The summed E-state index contributed by atoms with van der Waals surface area (Å²) in [6.45, 7) is 0. The van der Waals surface area contributed by atoms with E-state index < -0.39 is 17.4 Å². The number of carbonyl (C=O) groups is 1. The van der Waals surface area contributed by atoms with Crippen LogP contribution < -0.4 is 11.4 Å². The first-order valence-electron chi connectivity index (χ1n) is 7.79. The molecule has 0 atom stereocenters. The summed E-state index contributed by atoms with van der Waals surface area (Å²) in [4.78, 5) is 35.7. The lowest BCUT2D eigenvalue weighted by atomic mass is 10.2. The molecule has 2 aromatic heterocycles. The molecule has 134 valence electrons. The monoisotopic (exact) mass is 427 g/mol. The van der Waals surface area contributed by atoms with E-state index in [1.807, 2.05) is 6.07 Å². The SMILES string of the molecule is NC(=O)c1nc(-c2ccccc2Br)nc2c1[nH]c(=O)n2-c1ccc(F)cc1. The van der Waals surface area contributed by atoms with E-state index in [1.165, 1.54) is 28.8 Å². The number of nitrogens with one attached hydrogen (secondary N) is 1. The molecule has 1 amide bonds. The van der Waals surface area contributed by atoms with Gasteiger partial charge in [0.15, 0.2) is 17.2 Å². The summed E-state index contributed by atoms with van der Waals surface area (Å²) in [7, 11) is 0. The van der Waals surface area contributed by atoms with Gasteiger partial charge in [-0.1, -0.05) is 34.1 Å². The minimum atomic E-state index is -0.803. The number of imidazole rings is 1. The number of aromatic nitrogens is 4. The maximum Gasteiger partial charge on any atom is 0.332 e. The number of hydrogen-bond donors (Lipinski definition) is 2. The van der Waals surface area contributed by atoms with Crippen LogP contribution in [0.3, 0.4) is 0 Å². The molecule has 7 nitrogen and oxygen atoms in total. The van der Waals surface area contributed by atoms with Crippen LogP contribution in [0, 0.1) is 5.82 Å². The zero-order valence-corrected chi connectivity index (χ0v) is 15.2. The van der Waals surface area contributed by atoms with Gasteiger partial charge in [-0.05, 0) is 30.3 Å². The van der Waals surface area contributed by atoms with Crippen molar-refractivity contribution < 1.29 is 9.18 Å². The first-order valence-corrected chi connectivity index (χ1v) is 8.58. The third kappa shape index (κ3) is 2.91. The molecule has 0 aliphatic carbocycles. The van der Waals surface area contributed by atoms with Crippen molar-refractivity contribution in [2.24, 2.45) is 5.73 Å². The average molecular weight is 428 g/mol. The molecule has 0 bridgehead atoms. The zero-order chi connectivity index (χ0) is 19.1. The number of nitrogens with zero attached hydrogens (tertiary/aromatic N) is 3. The largest absolute Gasteiger partial charge is 0.364 e. The van der Waals surface area contributed by atoms with Gasteiger partial charge in [0.2, 0.25) is 0 Å². The molecule has 0 saturated heterocycles. The van der Waals surface area contributed by atoms with Crippen LogP contribution >= 0.6 is 15.9 Å². The first-order chi connectivity index (χ1) is 13.0. The molecule has 0 radical (unpaired) electrons. The Bertz CT molecular complexity index is 1250. The molecule has 9 heteroatoms. The number of aromatic amines is 1. The van der Waals surface area contributed by atoms with Crippen LogP contribution in [0.25, 0.3) is 28.2 Å². The number of H-pyrrole nitrogens is 1.